The van der Waals surface area contributed by atoms with Gasteiger partial charge in [-0.3, -0.25) is 4.79 Å². The molecule has 4 rings (SSSR count). The monoisotopic (exact) mass is 474 g/mol. The van der Waals surface area contributed by atoms with E-state index in [2.05, 4.69) is 60.7 Å². The highest BCUT2D eigenvalue weighted by Crippen LogP contribution is 2.33. The molecule has 0 saturated carbocycles. The molecule has 2 aromatic carbocycles. The van der Waals surface area contributed by atoms with Crippen LogP contribution in [0.25, 0.3) is 21.8 Å². The molecule has 2 heterocycles. The van der Waals surface area contributed by atoms with Gasteiger partial charge in [-0.2, -0.15) is 0 Å². The lowest BCUT2D eigenvalue weighted by atomic mass is 10.2. The number of pyridine rings is 1. The van der Waals surface area contributed by atoms with Gasteiger partial charge >= 0.3 is 0 Å². The summed E-state index contributed by atoms with van der Waals surface area (Å²) in [4.78, 5) is 11.9. The van der Waals surface area contributed by atoms with Crippen molar-refractivity contribution in [3.63, 3.8) is 0 Å². The molecular weight excluding hydrogens is 460 g/mol. The number of hydrogen-bond donors (Lipinski definition) is 1. The summed E-state index contributed by atoms with van der Waals surface area (Å²) in [6.45, 7) is 0.665. The molecule has 1 atom stereocenters. The van der Waals surface area contributed by atoms with E-state index in [1.807, 2.05) is 12.1 Å². The van der Waals surface area contributed by atoms with E-state index in [1.54, 1.807) is 18.3 Å². The number of halogens is 2. The van der Waals surface area contributed by atoms with Crippen LogP contribution in [0.4, 0.5) is 0 Å². The summed E-state index contributed by atoms with van der Waals surface area (Å²) in [7, 11) is 0. The van der Waals surface area contributed by atoms with Crippen molar-refractivity contribution in [3.8, 4) is 0 Å². The number of nitrogens with zero attached hydrogens (tertiary/aromatic N) is 2. The lowest BCUT2D eigenvalue weighted by Crippen LogP contribution is -2.28. The van der Waals surface area contributed by atoms with Crippen LogP contribution in [0.2, 0.25) is 0 Å². The number of aliphatic hydroxyl groups excluding tert-OH is 1. The minimum atomic E-state index is -0.679. The third-order valence-corrected chi connectivity index (χ3v) is 5.48. The standard InChI is InChI=1S/C20H16Br2N2O2/c21-13-4-6-18-16(9-13)17-10-14(22)5-7-19(17)24(18)12-15(25)11-23-8-2-1-3-20(23)26/h1-10,15,25H,11-12H2. The van der Waals surface area contributed by atoms with Crippen LogP contribution in [-0.2, 0) is 13.1 Å². The number of aromatic nitrogens is 2. The second kappa shape index (κ2) is 7.02. The number of hydrogen-bond acceptors (Lipinski definition) is 2. The van der Waals surface area contributed by atoms with Gasteiger partial charge < -0.3 is 14.2 Å². The molecular formula is C20H16Br2N2O2. The Morgan fingerprint density at radius 2 is 1.50 bits per heavy atom. The van der Waals surface area contributed by atoms with Gasteiger partial charge in [0.2, 0.25) is 0 Å². The van der Waals surface area contributed by atoms with E-state index < -0.39 is 6.10 Å². The third-order valence-electron chi connectivity index (χ3n) is 4.49. The molecule has 26 heavy (non-hydrogen) atoms. The number of aliphatic hydroxyl groups is 1. The Kier molecular flexibility index (Phi) is 4.73. The number of benzene rings is 2. The quantitative estimate of drug-likeness (QED) is 0.471. The van der Waals surface area contributed by atoms with Crippen molar-refractivity contribution in [2.24, 2.45) is 0 Å². The van der Waals surface area contributed by atoms with E-state index in [1.165, 1.54) is 10.6 Å². The van der Waals surface area contributed by atoms with Gasteiger partial charge in [-0.25, -0.2) is 0 Å². The minimum absolute atomic E-state index is 0.110. The molecule has 0 aliphatic carbocycles. The van der Waals surface area contributed by atoms with Gasteiger partial charge in [-0.15, -0.1) is 0 Å². The fraction of sp³-hybridized carbons (Fsp3) is 0.150. The first-order valence-electron chi connectivity index (χ1n) is 8.23. The maximum atomic E-state index is 11.9. The minimum Gasteiger partial charge on any atom is -0.389 e. The van der Waals surface area contributed by atoms with Crippen molar-refractivity contribution in [2.45, 2.75) is 19.2 Å². The Balaban J connectivity index is 1.77. The molecule has 0 fully saturated rings. The van der Waals surface area contributed by atoms with E-state index >= 15 is 0 Å². The number of fused-ring (bicyclic) bond motifs is 3. The van der Waals surface area contributed by atoms with E-state index in [-0.39, 0.29) is 12.1 Å². The van der Waals surface area contributed by atoms with Crippen LogP contribution in [0.5, 0.6) is 0 Å². The Morgan fingerprint density at radius 3 is 2.08 bits per heavy atom. The predicted molar refractivity (Wildman–Crippen MR) is 112 cm³/mol. The molecule has 1 N–H and O–H groups in total. The van der Waals surface area contributed by atoms with Crippen LogP contribution in [0, 0.1) is 0 Å². The average Bonchev–Trinajstić information content (AvgIpc) is 2.89. The SMILES string of the molecule is O=c1ccccn1CC(O)Cn1c2ccc(Br)cc2c2cc(Br)ccc21. The molecule has 0 radical (unpaired) electrons. The van der Waals surface area contributed by atoms with E-state index in [0.717, 1.165) is 30.8 Å². The fourth-order valence-corrected chi connectivity index (χ4v) is 4.07. The zero-order valence-electron chi connectivity index (χ0n) is 13.8. The maximum absolute atomic E-state index is 11.9. The van der Waals surface area contributed by atoms with Crippen molar-refractivity contribution in [2.75, 3.05) is 0 Å². The van der Waals surface area contributed by atoms with Gasteiger partial charge in [0.1, 0.15) is 0 Å². The van der Waals surface area contributed by atoms with Gasteiger partial charge in [0, 0.05) is 43.0 Å². The van der Waals surface area contributed by atoms with Crippen LogP contribution in [0.3, 0.4) is 0 Å². The van der Waals surface area contributed by atoms with E-state index in [4.69, 9.17) is 0 Å². The largest absolute Gasteiger partial charge is 0.389 e. The zero-order chi connectivity index (χ0) is 18.3. The predicted octanol–water partition coefficient (Wildman–Crippen LogP) is 4.54. The molecule has 0 aliphatic rings. The van der Waals surface area contributed by atoms with Crippen molar-refractivity contribution >= 4 is 53.7 Å². The van der Waals surface area contributed by atoms with Gasteiger partial charge in [0.15, 0.2) is 0 Å². The second-order valence-corrected chi connectivity index (χ2v) is 8.11. The summed E-state index contributed by atoms with van der Waals surface area (Å²) in [5.74, 6) is 0. The molecule has 132 valence electrons. The highest BCUT2D eigenvalue weighted by molar-refractivity contribution is 9.10. The molecule has 4 aromatic rings. The maximum Gasteiger partial charge on any atom is 0.250 e. The van der Waals surface area contributed by atoms with Crippen molar-refractivity contribution in [1.82, 2.24) is 9.13 Å². The molecule has 2 aromatic heterocycles. The first-order valence-corrected chi connectivity index (χ1v) is 9.82. The Bertz CT molecular complexity index is 1100. The molecule has 6 heteroatoms. The molecule has 0 bridgehead atoms. The van der Waals surface area contributed by atoms with Gasteiger partial charge in [-0.05, 0) is 42.5 Å². The van der Waals surface area contributed by atoms with Gasteiger partial charge in [0.25, 0.3) is 5.56 Å². The molecule has 1 unspecified atom stereocenters. The van der Waals surface area contributed by atoms with Gasteiger partial charge in [0.05, 0.1) is 19.2 Å². The summed E-state index contributed by atoms with van der Waals surface area (Å²) in [6, 6.07) is 17.3. The molecule has 4 nitrogen and oxygen atoms in total. The lowest BCUT2D eigenvalue weighted by molar-refractivity contribution is 0.136. The summed E-state index contributed by atoms with van der Waals surface area (Å²) in [5.41, 5.74) is 2.00. The van der Waals surface area contributed by atoms with E-state index in [0.29, 0.717) is 6.54 Å². The fourth-order valence-electron chi connectivity index (χ4n) is 3.35. The van der Waals surface area contributed by atoms with Gasteiger partial charge in [-0.1, -0.05) is 37.9 Å². The highest BCUT2D eigenvalue weighted by Gasteiger charge is 2.15. The topological polar surface area (TPSA) is 47.2 Å². The first kappa shape index (κ1) is 17.5. The van der Waals surface area contributed by atoms with Crippen LogP contribution < -0.4 is 5.56 Å². The molecule has 0 saturated heterocycles. The van der Waals surface area contributed by atoms with E-state index in [9.17, 15) is 9.90 Å². The Labute approximate surface area is 166 Å². The summed E-state index contributed by atoms with van der Waals surface area (Å²) in [6.07, 6.45) is 1.02. The van der Waals surface area contributed by atoms with Crippen LogP contribution in [0.1, 0.15) is 0 Å². The van der Waals surface area contributed by atoms with Crippen LogP contribution in [-0.4, -0.2) is 20.3 Å². The van der Waals surface area contributed by atoms with Crippen molar-refractivity contribution in [3.05, 3.63) is 80.1 Å². The summed E-state index contributed by atoms with van der Waals surface area (Å²) < 4.78 is 5.68. The van der Waals surface area contributed by atoms with Crippen LogP contribution in [0.15, 0.2) is 74.5 Å². The molecule has 0 amide bonds. The third kappa shape index (κ3) is 3.24. The second-order valence-electron chi connectivity index (χ2n) is 6.28. The zero-order valence-corrected chi connectivity index (χ0v) is 16.9. The lowest BCUT2D eigenvalue weighted by Gasteiger charge is -2.15. The molecule has 0 spiro atoms. The normalized spacial score (nSPS) is 12.7. The highest BCUT2D eigenvalue weighted by atomic mass is 79.9. The smallest absolute Gasteiger partial charge is 0.250 e. The van der Waals surface area contributed by atoms with Crippen LogP contribution >= 0.6 is 31.9 Å². The summed E-state index contributed by atoms with van der Waals surface area (Å²) >= 11 is 7.08. The average molecular weight is 476 g/mol. The molecule has 0 aliphatic heterocycles. The summed E-state index contributed by atoms with van der Waals surface area (Å²) in [5, 5.41) is 12.9. The Hall–Kier alpha value is -1.89. The number of rotatable bonds is 4. The Morgan fingerprint density at radius 1 is 0.885 bits per heavy atom. The van der Waals surface area contributed by atoms with Crippen molar-refractivity contribution in [1.29, 1.82) is 0 Å². The van der Waals surface area contributed by atoms with Crippen molar-refractivity contribution < 1.29 is 5.11 Å². The first-order chi connectivity index (χ1) is 12.5.